The average molecular weight is 331 g/mol. The lowest BCUT2D eigenvalue weighted by Gasteiger charge is -2.09. The number of halogens is 1. The van der Waals surface area contributed by atoms with Crippen LogP contribution in [0.2, 0.25) is 0 Å². The van der Waals surface area contributed by atoms with E-state index in [0.717, 1.165) is 39.1 Å². The van der Waals surface area contributed by atoms with Crippen LogP contribution in [-0.2, 0) is 0 Å². The number of aromatic amines is 1. The Morgan fingerprint density at radius 1 is 1.20 bits per heavy atom. The van der Waals surface area contributed by atoms with E-state index in [1.54, 1.807) is 0 Å². The maximum absolute atomic E-state index is 5.83. The molecular formula is C16H15BrN2O. The molecule has 4 heteroatoms. The zero-order valence-corrected chi connectivity index (χ0v) is 12.8. The summed E-state index contributed by atoms with van der Waals surface area (Å²) >= 11 is 3.48. The van der Waals surface area contributed by atoms with Crippen molar-refractivity contribution in [1.82, 2.24) is 9.97 Å². The Morgan fingerprint density at radius 2 is 2.05 bits per heavy atom. The number of hydrogen-bond donors (Lipinski definition) is 1. The third-order valence-electron chi connectivity index (χ3n) is 3.05. The second-order valence-electron chi connectivity index (χ2n) is 4.59. The van der Waals surface area contributed by atoms with Crippen LogP contribution in [0.15, 0.2) is 46.9 Å². The maximum Gasteiger partial charge on any atom is 0.142 e. The molecule has 0 aliphatic rings. The fourth-order valence-corrected chi connectivity index (χ4v) is 2.44. The van der Waals surface area contributed by atoms with Gasteiger partial charge in [0.05, 0.1) is 23.2 Å². The van der Waals surface area contributed by atoms with Gasteiger partial charge in [-0.2, -0.15) is 0 Å². The van der Waals surface area contributed by atoms with Crippen molar-refractivity contribution >= 4 is 27.0 Å². The molecule has 0 saturated heterocycles. The molecule has 0 amide bonds. The lowest BCUT2D eigenvalue weighted by Crippen LogP contribution is -1.97. The molecule has 0 unspecified atom stereocenters. The van der Waals surface area contributed by atoms with Gasteiger partial charge < -0.3 is 9.72 Å². The van der Waals surface area contributed by atoms with E-state index in [9.17, 15) is 0 Å². The first-order chi connectivity index (χ1) is 9.78. The fourth-order valence-electron chi connectivity index (χ4n) is 2.10. The molecule has 0 aliphatic heterocycles. The van der Waals surface area contributed by atoms with Gasteiger partial charge in [-0.15, -0.1) is 0 Å². The summed E-state index contributed by atoms with van der Waals surface area (Å²) in [4.78, 5) is 7.97. The van der Waals surface area contributed by atoms with Gasteiger partial charge in [0.2, 0.25) is 0 Å². The summed E-state index contributed by atoms with van der Waals surface area (Å²) < 4.78 is 6.83. The molecule has 0 saturated carbocycles. The van der Waals surface area contributed by atoms with Crippen molar-refractivity contribution in [3.05, 3.63) is 46.9 Å². The molecule has 102 valence electrons. The smallest absolute Gasteiger partial charge is 0.142 e. The van der Waals surface area contributed by atoms with Crippen molar-refractivity contribution < 1.29 is 4.74 Å². The molecule has 3 aromatic rings. The van der Waals surface area contributed by atoms with Gasteiger partial charge >= 0.3 is 0 Å². The summed E-state index contributed by atoms with van der Waals surface area (Å²) in [5, 5.41) is 0. The van der Waals surface area contributed by atoms with Crippen molar-refractivity contribution in [3.8, 4) is 17.1 Å². The van der Waals surface area contributed by atoms with Crippen LogP contribution in [0.25, 0.3) is 22.4 Å². The number of benzene rings is 2. The Labute approximate surface area is 126 Å². The monoisotopic (exact) mass is 330 g/mol. The van der Waals surface area contributed by atoms with Crippen molar-refractivity contribution in [2.24, 2.45) is 0 Å². The van der Waals surface area contributed by atoms with E-state index in [-0.39, 0.29) is 0 Å². The number of nitrogens with zero attached hydrogens (tertiary/aromatic N) is 1. The van der Waals surface area contributed by atoms with Crippen LogP contribution < -0.4 is 4.74 Å². The standard InChI is InChI=1S/C16H15BrN2O/c1-2-9-20-15-10-11(17)7-8-12(15)16-18-13-5-3-4-6-14(13)19-16/h3-8,10H,2,9H2,1H3,(H,18,19). The van der Waals surface area contributed by atoms with Crippen LogP contribution in [0.5, 0.6) is 5.75 Å². The normalized spacial score (nSPS) is 10.9. The Kier molecular flexibility index (Phi) is 3.74. The summed E-state index contributed by atoms with van der Waals surface area (Å²) in [6, 6.07) is 14.0. The molecule has 0 spiro atoms. The minimum Gasteiger partial charge on any atom is -0.493 e. The van der Waals surface area contributed by atoms with Crippen LogP contribution in [0.1, 0.15) is 13.3 Å². The Bertz CT molecular complexity index is 703. The molecule has 3 nitrogen and oxygen atoms in total. The minimum absolute atomic E-state index is 0.698. The number of hydrogen-bond acceptors (Lipinski definition) is 2. The summed E-state index contributed by atoms with van der Waals surface area (Å²) in [5.41, 5.74) is 2.98. The fraction of sp³-hybridized carbons (Fsp3) is 0.188. The molecule has 0 fully saturated rings. The average Bonchev–Trinajstić information content (AvgIpc) is 2.88. The second kappa shape index (κ2) is 5.67. The van der Waals surface area contributed by atoms with E-state index in [2.05, 4.69) is 32.8 Å². The van der Waals surface area contributed by atoms with E-state index in [4.69, 9.17) is 4.74 Å². The molecule has 1 aromatic heterocycles. The summed E-state index contributed by atoms with van der Waals surface area (Å²) in [7, 11) is 0. The van der Waals surface area contributed by atoms with E-state index in [1.807, 2.05) is 42.5 Å². The van der Waals surface area contributed by atoms with E-state index >= 15 is 0 Å². The van der Waals surface area contributed by atoms with Gasteiger partial charge in [0.1, 0.15) is 11.6 Å². The third kappa shape index (κ3) is 2.56. The van der Waals surface area contributed by atoms with Crippen molar-refractivity contribution in [2.75, 3.05) is 6.61 Å². The van der Waals surface area contributed by atoms with Crippen molar-refractivity contribution in [3.63, 3.8) is 0 Å². The SMILES string of the molecule is CCCOc1cc(Br)ccc1-c1nc2ccccc2[nH]1. The van der Waals surface area contributed by atoms with Gasteiger partial charge in [-0.25, -0.2) is 4.98 Å². The number of rotatable bonds is 4. The number of imidazole rings is 1. The number of nitrogens with one attached hydrogen (secondary N) is 1. The van der Waals surface area contributed by atoms with Gasteiger partial charge in [0.15, 0.2) is 0 Å². The van der Waals surface area contributed by atoms with Crippen LogP contribution in [0.4, 0.5) is 0 Å². The molecular weight excluding hydrogens is 316 g/mol. The number of aromatic nitrogens is 2. The Balaban J connectivity index is 2.07. The lowest BCUT2D eigenvalue weighted by molar-refractivity contribution is 0.318. The molecule has 3 rings (SSSR count). The van der Waals surface area contributed by atoms with E-state index in [0.29, 0.717) is 6.61 Å². The highest BCUT2D eigenvalue weighted by Crippen LogP contribution is 2.32. The predicted octanol–water partition coefficient (Wildman–Crippen LogP) is 4.78. The van der Waals surface area contributed by atoms with Gasteiger partial charge in [0.25, 0.3) is 0 Å². The largest absolute Gasteiger partial charge is 0.493 e. The number of ether oxygens (including phenoxy) is 1. The summed E-state index contributed by atoms with van der Waals surface area (Å²) in [6.07, 6.45) is 0.978. The van der Waals surface area contributed by atoms with Gasteiger partial charge in [-0.05, 0) is 36.8 Å². The summed E-state index contributed by atoms with van der Waals surface area (Å²) in [6.45, 7) is 2.79. The quantitative estimate of drug-likeness (QED) is 0.747. The van der Waals surface area contributed by atoms with Crippen molar-refractivity contribution in [2.45, 2.75) is 13.3 Å². The van der Waals surface area contributed by atoms with Gasteiger partial charge in [-0.1, -0.05) is 35.0 Å². The van der Waals surface area contributed by atoms with Crippen molar-refractivity contribution in [1.29, 1.82) is 0 Å². The van der Waals surface area contributed by atoms with Crippen LogP contribution in [0.3, 0.4) is 0 Å². The van der Waals surface area contributed by atoms with Crippen LogP contribution in [0, 0.1) is 0 Å². The first-order valence-electron chi connectivity index (χ1n) is 6.65. The topological polar surface area (TPSA) is 37.9 Å². The molecule has 20 heavy (non-hydrogen) atoms. The molecule has 1 N–H and O–H groups in total. The first-order valence-corrected chi connectivity index (χ1v) is 7.44. The highest BCUT2D eigenvalue weighted by atomic mass is 79.9. The zero-order chi connectivity index (χ0) is 13.9. The number of H-pyrrole nitrogens is 1. The highest BCUT2D eigenvalue weighted by Gasteiger charge is 2.11. The van der Waals surface area contributed by atoms with Gasteiger partial charge in [0, 0.05) is 4.47 Å². The summed E-state index contributed by atoms with van der Waals surface area (Å²) in [5.74, 6) is 1.69. The molecule has 0 radical (unpaired) electrons. The third-order valence-corrected chi connectivity index (χ3v) is 3.54. The Hall–Kier alpha value is -1.81. The molecule has 0 aliphatic carbocycles. The van der Waals surface area contributed by atoms with E-state index in [1.165, 1.54) is 0 Å². The molecule has 1 heterocycles. The molecule has 2 aromatic carbocycles. The van der Waals surface area contributed by atoms with Crippen LogP contribution >= 0.6 is 15.9 Å². The second-order valence-corrected chi connectivity index (χ2v) is 5.51. The predicted molar refractivity (Wildman–Crippen MR) is 85.0 cm³/mol. The lowest BCUT2D eigenvalue weighted by atomic mass is 10.2. The zero-order valence-electron chi connectivity index (χ0n) is 11.2. The first kappa shape index (κ1) is 13.2. The van der Waals surface area contributed by atoms with E-state index < -0.39 is 0 Å². The van der Waals surface area contributed by atoms with Crippen LogP contribution in [-0.4, -0.2) is 16.6 Å². The minimum atomic E-state index is 0.698. The van der Waals surface area contributed by atoms with Gasteiger partial charge in [-0.3, -0.25) is 0 Å². The maximum atomic E-state index is 5.83. The number of fused-ring (bicyclic) bond motifs is 1. The molecule has 0 atom stereocenters. The highest BCUT2D eigenvalue weighted by molar-refractivity contribution is 9.10. The number of para-hydroxylation sites is 2. The molecule has 0 bridgehead atoms. The Morgan fingerprint density at radius 3 is 2.85 bits per heavy atom.